The fraction of sp³-hybridized carbons (Fsp3) is 0.533. The summed E-state index contributed by atoms with van der Waals surface area (Å²) in [4.78, 5) is 11.8. The molecule has 1 saturated carbocycles. The van der Waals surface area contributed by atoms with Crippen LogP contribution in [-0.2, 0) is 9.53 Å². The molecule has 0 amide bonds. The predicted octanol–water partition coefficient (Wildman–Crippen LogP) is 2.93. The monoisotopic (exact) mass is 263 g/mol. The largest absolute Gasteiger partial charge is 0.508 e. The molecule has 0 aliphatic heterocycles. The van der Waals surface area contributed by atoms with E-state index in [1.165, 1.54) is 0 Å². The molecule has 1 aliphatic carbocycles. The summed E-state index contributed by atoms with van der Waals surface area (Å²) < 4.78 is 5.10. The van der Waals surface area contributed by atoms with Gasteiger partial charge in [-0.3, -0.25) is 4.79 Å². The molecule has 2 rings (SSSR count). The Hall–Kier alpha value is -1.71. The van der Waals surface area contributed by atoms with Gasteiger partial charge in [0.05, 0.1) is 12.5 Å². The number of esters is 1. The second kappa shape index (κ2) is 6.45. The predicted molar refractivity (Wildman–Crippen MR) is 74.1 cm³/mol. The summed E-state index contributed by atoms with van der Waals surface area (Å²) >= 11 is 0. The molecule has 0 spiro atoms. The first-order valence-electron chi connectivity index (χ1n) is 6.91. The van der Waals surface area contributed by atoms with Crippen LogP contribution in [0.2, 0.25) is 0 Å². The summed E-state index contributed by atoms with van der Waals surface area (Å²) in [7, 11) is 0. The van der Waals surface area contributed by atoms with Gasteiger partial charge in [-0.05, 0) is 50.5 Å². The summed E-state index contributed by atoms with van der Waals surface area (Å²) in [5, 5.41) is 12.7. The quantitative estimate of drug-likeness (QED) is 0.647. The van der Waals surface area contributed by atoms with Crippen LogP contribution in [0.15, 0.2) is 24.3 Å². The lowest BCUT2D eigenvalue weighted by Crippen LogP contribution is -2.32. The van der Waals surface area contributed by atoms with E-state index in [1.807, 2.05) is 19.1 Å². The summed E-state index contributed by atoms with van der Waals surface area (Å²) in [6.07, 6.45) is 3.85. The van der Waals surface area contributed by atoms with Crippen molar-refractivity contribution in [3.63, 3.8) is 0 Å². The molecule has 104 valence electrons. The second-order valence-corrected chi connectivity index (χ2v) is 5.00. The van der Waals surface area contributed by atoms with Crippen LogP contribution in [0.3, 0.4) is 0 Å². The molecule has 1 aromatic rings. The summed E-state index contributed by atoms with van der Waals surface area (Å²) in [5.74, 6) is 0.210. The van der Waals surface area contributed by atoms with E-state index >= 15 is 0 Å². The van der Waals surface area contributed by atoms with Crippen molar-refractivity contribution in [2.75, 3.05) is 11.9 Å². The van der Waals surface area contributed by atoms with Crippen LogP contribution in [0.1, 0.15) is 32.6 Å². The van der Waals surface area contributed by atoms with Crippen LogP contribution in [0, 0.1) is 5.92 Å². The van der Waals surface area contributed by atoms with Crippen molar-refractivity contribution in [3.05, 3.63) is 24.3 Å². The lowest BCUT2D eigenvalue weighted by Gasteiger charge is -2.29. The summed E-state index contributed by atoms with van der Waals surface area (Å²) in [6.45, 7) is 2.29. The third kappa shape index (κ3) is 3.88. The number of aromatic hydroxyl groups is 1. The van der Waals surface area contributed by atoms with Gasteiger partial charge in [0, 0.05) is 11.7 Å². The van der Waals surface area contributed by atoms with Crippen molar-refractivity contribution < 1.29 is 14.6 Å². The number of carbonyl (C=O) groups is 1. The zero-order chi connectivity index (χ0) is 13.7. The van der Waals surface area contributed by atoms with Crippen molar-refractivity contribution in [2.24, 2.45) is 5.92 Å². The first-order valence-corrected chi connectivity index (χ1v) is 6.91. The molecule has 4 heteroatoms. The molecule has 1 aromatic carbocycles. The van der Waals surface area contributed by atoms with Gasteiger partial charge >= 0.3 is 5.97 Å². The zero-order valence-corrected chi connectivity index (χ0v) is 11.3. The maximum atomic E-state index is 11.8. The summed E-state index contributed by atoms with van der Waals surface area (Å²) in [6, 6.07) is 7.32. The van der Waals surface area contributed by atoms with E-state index in [1.54, 1.807) is 12.1 Å². The molecule has 0 radical (unpaired) electrons. The lowest BCUT2D eigenvalue weighted by molar-refractivity contribution is -0.149. The average Bonchev–Trinajstić information content (AvgIpc) is 2.42. The van der Waals surface area contributed by atoms with Gasteiger partial charge in [0.2, 0.25) is 0 Å². The molecule has 2 N–H and O–H groups in total. The molecular weight excluding hydrogens is 242 g/mol. The molecular formula is C15H21NO3. The van der Waals surface area contributed by atoms with Crippen LogP contribution in [-0.4, -0.2) is 23.7 Å². The minimum Gasteiger partial charge on any atom is -0.508 e. The number of benzene rings is 1. The SMILES string of the molecule is CCOC(=O)C1CCCC(Nc2ccc(O)cc2)C1. The number of phenolic OH excluding ortho intramolecular Hbond substituents is 1. The molecule has 0 saturated heterocycles. The number of nitrogens with one attached hydrogen (secondary N) is 1. The molecule has 4 nitrogen and oxygen atoms in total. The number of hydrogen-bond donors (Lipinski definition) is 2. The van der Waals surface area contributed by atoms with Gasteiger partial charge in [0.25, 0.3) is 0 Å². The Morgan fingerprint density at radius 3 is 2.79 bits per heavy atom. The Kier molecular flexibility index (Phi) is 4.66. The van der Waals surface area contributed by atoms with E-state index in [-0.39, 0.29) is 17.6 Å². The lowest BCUT2D eigenvalue weighted by atomic mass is 9.85. The molecule has 19 heavy (non-hydrogen) atoms. The van der Waals surface area contributed by atoms with E-state index in [0.29, 0.717) is 12.6 Å². The molecule has 0 aromatic heterocycles. The minimum atomic E-state index is -0.0697. The van der Waals surface area contributed by atoms with Gasteiger partial charge in [0.15, 0.2) is 0 Å². The Bertz CT molecular complexity index is 416. The van der Waals surface area contributed by atoms with Crippen LogP contribution < -0.4 is 5.32 Å². The topological polar surface area (TPSA) is 58.6 Å². The van der Waals surface area contributed by atoms with Crippen molar-refractivity contribution in [1.29, 1.82) is 0 Å². The Balaban J connectivity index is 1.90. The highest BCUT2D eigenvalue weighted by Crippen LogP contribution is 2.28. The fourth-order valence-corrected chi connectivity index (χ4v) is 2.59. The molecule has 0 bridgehead atoms. The van der Waals surface area contributed by atoms with Crippen molar-refractivity contribution >= 4 is 11.7 Å². The Morgan fingerprint density at radius 1 is 1.37 bits per heavy atom. The van der Waals surface area contributed by atoms with Crippen molar-refractivity contribution in [1.82, 2.24) is 0 Å². The average molecular weight is 263 g/mol. The minimum absolute atomic E-state index is 0.0170. The molecule has 1 fully saturated rings. The van der Waals surface area contributed by atoms with Gasteiger partial charge in [-0.25, -0.2) is 0 Å². The van der Waals surface area contributed by atoms with Crippen molar-refractivity contribution in [2.45, 2.75) is 38.6 Å². The number of rotatable bonds is 4. The number of ether oxygens (including phenoxy) is 1. The third-order valence-electron chi connectivity index (χ3n) is 3.53. The van der Waals surface area contributed by atoms with Crippen LogP contribution in [0.5, 0.6) is 5.75 Å². The highest BCUT2D eigenvalue weighted by atomic mass is 16.5. The first-order chi connectivity index (χ1) is 9.19. The van der Waals surface area contributed by atoms with Crippen LogP contribution >= 0.6 is 0 Å². The maximum Gasteiger partial charge on any atom is 0.308 e. The highest BCUT2D eigenvalue weighted by molar-refractivity contribution is 5.72. The maximum absolute atomic E-state index is 11.8. The van der Waals surface area contributed by atoms with E-state index < -0.39 is 0 Å². The number of anilines is 1. The number of phenols is 1. The van der Waals surface area contributed by atoms with Gasteiger partial charge < -0.3 is 15.2 Å². The van der Waals surface area contributed by atoms with Crippen molar-refractivity contribution in [3.8, 4) is 5.75 Å². The van der Waals surface area contributed by atoms with Crippen LogP contribution in [0.25, 0.3) is 0 Å². The van der Waals surface area contributed by atoms with E-state index in [2.05, 4.69) is 5.32 Å². The Labute approximate surface area is 113 Å². The second-order valence-electron chi connectivity index (χ2n) is 5.00. The zero-order valence-electron chi connectivity index (χ0n) is 11.3. The third-order valence-corrected chi connectivity index (χ3v) is 3.53. The normalized spacial score (nSPS) is 22.8. The highest BCUT2D eigenvalue weighted by Gasteiger charge is 2.28. The standard InChI is InChI=1S/C15H21NO3/c1-2-19-15(18)11-4-3-5-13(10-11)16-12-6-8-14(17)9-7-12/h6-9,11,13,16-17H,2-5,10H2,1H3. The van der Waals surface area contributed by atoms with Gasteiger partial charge in [-0.15, -0.1) is 0 Å². The van der Waals surface area contributed by atoms with Crippen LogP contribution in [0.4, 0.5) is 5.69 Å². The van der Waals surface area contributed by atoms with E-state index in [4.69, 9.17) is 4.74 Å². The summed E-state index contributed by atoms with van der Waals surface area (Å²) in [5.41, 5.74) is 0.979. The number of carbonyl (C=O) groups excluding carboxylic acids is 1. The first kappa shape index (κ1) is 13.7. The molecule has 2 unspecified atom stereocenters. The van der Waals surface area contributed by atoms with Gasteiger partial charge in [-0.2, -0.15) is 0 Å². The molecule has 0 heterocycles. The van der Waals surface area contributed by atoms with E-state index in [9.17, 15) is 9.90 Å². The number of hydrogen-bond acceptors (Lipinski definition) is 4. The Morgan fingerprint density at radius 2 is 2.11 bits per heavy atom. The van der Waals surface area contributed by atoms with E-state index in [0.717, 1.165) is 31.4 Å². The van der Waals surface area contributed by atoms with Gasteiger partial charge in [-0.1, -0.05) is 6.42 Å². The van der Waals surface area contributed by atoms with Gasteiger partial charge in [0.1, 0.15) is 5.75 Å². The molecule has 2 atom stereocenters. The molecule has 1 aliphatic rings. The smallest absolute Gasteiger partial charge is 0.308 e. The fourth-order valence-electron chi connectivity index (χ4n) is 2.59.